The van der Waals surface area contributed by atoms with E-state index in [9.17, 15) is 9.18 Å². The van der Waals surface area contributed by atoms with Gasteiger partial charge >= 0.3 is 0 Å². The topological polar surface area (TPSA) is 32.9 Å². The van der Waals surface area contributed by atoms with E-state index < -0.39 is 5.82 Å². The molecule has 0 aliphatic carbocycles. The number of rotatable bonds is 1. The van der Waals surface area contributed by atoms with Crippen molar-refractivity contribution in [3.05, 3.63) is 44.4 Å². The molecule has 1 heterocycles. The Labute approximate surface area is 101 Å². The van der Waals surface area contributed by atoms with Gasteiger partial charge in [-0.05, 0) is 34.0 Å². The monoisotopic (exact) mass is 283 g/mol. The molecular formula is C12H11BrFNO. The fraction of sp³-hybridized carbons (Fsp3) is 0.250. The van der Waals surface area contributed by atoms with Gasteiger partial charge in [-0.3, -0.25) is 4.79 Å². The molecule has 2 rings (SSSR count). The fourth-order valence-corrected chi connectivity index (χ4v) is 2.15. The molecule has 2 nitrogen and oxygen atoms in total. The lowest BCUT2D eigenvalue weighted by atomic mass is 10.1. The summed E-state index contributed by atoms with van der Waals surface area (Å²) in [5.41, 5.74) is 0.851. The fourth-order valence-electron chi connectivity index (χ4n) is 1.62. The Morgan fingerprint density at radius 2 is 2.06 bits per heavy atom. The smallest absolute Gasteiger partial charge is 0.190 e. The first-order valence-electron chi connectivity index (χ1n) is 5.01. The van der Waals surface area contributed by atoms with Crippen LogP contribution in [-0.4, -0.2) is 4.98 Å². The molecule has 0 saturated heterocycles. The van der Waals surface area contributed by atoms with Crippen LogP contribution in [0.3, 0.4) is 0 Å². The van der Waals surface area contributed by atoms with Crippen LogP contribution in [0.25, 0.3) is 10.9 Å². The van der Waals surface area contributed by atoms with Crippen LogP contribution in [0.15, 0.2) is 27.5 Å². The first-order chi connectivity index (χ1) is 7.50. The van der Waals surface area contributed by atoms with Crippen molar-refractivity contribution in [2.45, 2.75) is 19.8 Å². The maximum Gasteiger partial charge on any atom is 0.190 e. The van der Waals surface area contributed by atoms with Gasteiger partial charge in [-0.25, -0.2) is 4.39 Å². The molecule has 0 unspecified atom stereocenters. The Hall–Kier alpha value is -1.16. The molecule has 4 heteroatoms. The normalized spacial score (nSPS) is 11.3. The maximum atomic E-state index is 13.6. The Morgan fingerprint density at radius 1 is 1.38 bits per heavy atom. The molecule has 1 aromatic carbocycles. The maximum absolute atomic E-state index is 13.6. The summed E-state index contributed by atoms with van der Waals surface area (Å²) in [6.45, 7) is 3.90. The summed E-state index contributed by atoms with van der Waals surface area (Å²) in [7, 11) is 0. The number of aromatic nitrogens is 1. The average molecular weight is 284 g/mol. The van der Waals surface area contributed by atoms with Crippen molar-refractivity contribution in [3.8, 4) is 0 Å². The zero-order valence-corrected chi connectivity index (χ0v) is 10.6. The lowest BCUT2D eigenvalue weighted by Gasteiger charge is -2.08. The van der Waals surface area contributed by atoms with Gasteiger partial charge in [0.15, 0.2) is 5.43 Å². The van der Waals surface area contributed by atoms with Crippen LogP contribution in [0.2, 0.25) is 0 Å². The molecule has 2 aromatic rings. The van der Waals surface area contributed by atoms with Gasteiger partial charge in [-0.1, -0.05) is 13.8 Å². The zero-order chi connectivity index (χ0) is 11.9. The number of H-pyrrole nitrogens is 1. The van der Waals surface area contributed by atoms with Crippen molar-refractivity contribution in [2.24, 2.45) is 0 Å². The highest BCUT2D eigenvalue weighted by Gasteiger charge is 2.11. The summed E-state index contributed by atoms with van der Waals surface area (Å²) >= 11 is 3.26. The van der Waals surface area contributed by atoms with E-state index >= 15 is 0 Å². The van der Waals surface area contributed by atoms with Crippen LogP contribution >= 0.6 is 15.9 Å². The zero-order valence-electron chi connectivity index (χ0n) is 8.97. The Bertz CT molecular complexity index is 604. The average Bonchev–Trinajstić information content (AvgIpc) is 2.22. The quantitative estimate of drug-likeness (QED) is 0.853. The number of halogens is 2. The molecule has 0 amide bonds. The first kappa shape index (κ1) is 11.3. The van der Waals surface area contributed by atoms with Crippen LogP contribution in [-0.2, 0) is 0 Å². The molecule has 0 spiro atoms. The first-order valence-corrected chi connectivity index (χ1v) is 5.81. The highest BCUT2D eigenvalue weighted by molar-refractivity contribution is 9.10. The van der Waals surface area contributed by atoms with Gasteiger partial charge in [0, 0.05) is 16.2 Å². The lowest BCUT2D eigenvalue weighted by molar-refractivity contribution is 0.635. The molecule has 0 radical (unpaired) electrons. The van der Waals surface area contributed by atoms with E-state index in [1.54, 1.807) is 6.07 Å². The van der Waals surface area contributed by atoms with Crippen molar-refractivity contribution >= 4 is 26.8 Å². The van der Waals surface area contributed by atoms with Gasteiger partial charge in [-0.15, -0.1) is 0 Å². The van der Waals surface area contributed by atoms with E-state index in [4.69, 9.17) is 0 Å². The molecule has 0 aliphatic rings. The number of nitrogens with one attached hydrogen (secondary N) is 1. The van der Waals surface area contributed by atoms with Gasteiger partial charge in [0.2, 0.25) is 0 Å². The van der Waals surface area contributed by atoms with Gasteiger partial charge in [0.25, 0.3) is 0 Å². The summed E-state index contributed by atoms with van der Waals surface area (Å²) in [6.07, 6.45) is 0. The predicted molar refractivity (Wildman–Crippen MR) is 66.3 cm³/mol. The predicted octanol–water partition coefficient (Wildman–Crippen LogP) is 3.55. The van der Waals surface area contributed by atoms with E-state index in [0.717, 1.165) is 5.69 Å². The lowest BCUT2D eigenvalue weighted by Crippen LogP contribution is -2.08. The minimum Gasteiger partial charge on any atom is -0.356 e. The molecule has 0 aliphatic heterocycles. The molecular weight excluding hydrogens is 273 g/mol. The van der Waals surface area contributed by atoms with Crippen molar-refractivity contribution in [1.29, 1.82) is 0 Å². The van der Waals surface area contributed by atoms with Crippen molar-refractivity contribution in [3.63, 3.8) is 0 Å². The van der Waals surface area contributed by atoms with Crippen molar-refractivity contribution < 1.29 is 4.39 Å². The largest absolute Gasteiger partial charge is 0.356 e. The Morgan fingerprint density at radius 3 is 2.69 bits per heavy atom. The highest BCUT2D eigenvalue weighted by Crippen LogP contribution is 2.23. The van der Waals surface area contributed by atoms with Crippen LogP contribution in [0, 0.1) is 5.82 Å². The van der Waals surface area contributed by atoms with Gasteiger partial charge in [0.1, 0.15) is 5.82 Å². The number of aromatic amines is 1. The Kier molecular flexibility index (Phi) is 2.84. The van der Waals surface area contributed by atoms with Crippen LogP contribution in [0.4, 0.5) is 4.39 Å². The molecule has 1 aromatic heterocycles. The molecule has 0 saturated carbocycles. The second-order valence-corrected chi connectivity index (χ2v) is 4.88. The second kappa shape index (κ2) is 4.01. The summed E-state index contributed by atoms with van der Waals surface area (Å²) in [5, 5.41) is 0.365. The van der Waals surface area contributed by atoms with Gasteiger partial charge in [0.05, 0.1) is 10.9 Å². The van der Waals surface area contributed by atoms with Gasteiger partial charge < -0.3 is 4.98 Å². The Balaban J connectivity index is 2.92. The highest BCUT2D eigenvalue weighted by atomic mass is 79.9. The number of pyridine rings is 1. The van der Waals surface area contributed by atoms with Crippen LogP contribution in [0.1, 0.15) is 25.5 Å². The SMILES string of the molecule is CC(C)c1cc(=O)c2c(Br)ccc(F)c2[nH]1. The van der Waals surface area contributed by atoms with Crippen molar-refractivity contribution in [1.82, 2.24) is 4.98 Å². The standard InChI is InChI=1S/C12H11BrFNO/c1-6(2)9-5-10(16)11-7(13)3-4-8(14)12(11)15-9/h3-6H,1-2H3,(H,15,16). The summed E-state index contributed by atoms with van der Waals surface area (Å²) < 4.78 is 14.2. The van der Waals surface area contributed by atoms with Crippen molar-refractivity contribution in [2.75, 3.05) is 0 Å². The summed E-state index contributed by atoms with van der Waals surface area (Å²) in [5.74, 6) is -0.242. The minimum absolute atomic E-state index is 0.162. The third-order valence-corrected chi connectivity index (χ3v) is 3.19. The second-order valence-electron chi connectivity index (χ2n) is 4.02. The molecule has 16 heavy (non-hydrogen) atoms. The van der Waals surface area contributed by atoms with E-state index in [1.807, 2.05) is 13.8 Å². The van der Waals surface area contributed by atoms with Crippen LogP contribution in [0.5, 0.6) is 0 Å². The van der Waals surface area contributed by atoms with E-state index in [2.05, 4.69) is 20.9 Å². The minimum atomic E-state index is -0.405. The molecule has 84 valence electrons. The molecule has 0 bridgehead atoms. The molecule has 0 fully saturated rings. The van der Waals surface area contributed by atoms with Gasteiger partial charge in [-0.2, -0.15) is 0 Å². The van der Waals surface area contributed by atoms with E-state index in [1.165, 1.54) is 12.1 Å². The number of hydrogen-bond donors (Lipinski definition) is 1. The third kappa shape index (κ3) is 1.78. The number of benzene rings is 1. The van der Waals surface area contributed by atoms with Crippen LogP contribution < -0.4 is 5.43 Å². The number of hydrogen-bond acceptors (Lipinski definition) is 1. The van der Waals surface area contributed by atoms with E-state index in [-0.39, 0.29) is 16.9 Å². The number of fused-ring (bicyclic) bond motifs is 1. The van der Waals surface area contributed by atoms with E-state index in [0.29, 0.717) is 9.86 Å². The summed E-state index contributed by atoms with van der Waals surface area (Å²) in [6, 6.07) is 4.41. The molecule has 1 N–H and O–H groups in total. The third-order valence-electron chi connectivity index (χ3n) is 2.53. The molecule has 0 atom stereocenters. The summed E-state index contributed by atoms with van der Waals surface area (Å²) in [4.78, 5) is 14.8.